The van der Waals surface area contributed by atoms with Crippen molar-refractivity contribution in [2.75, 3.05) is 25.3 Å². The summed E-state index contributed by atoms with van der Waals surface area (Å²) >= 11 is 1.33. The van der Waals surface area contributed by atoms with Gasteiger partial charge < -0.3 is 19.4 Å². The average Bonchev–Trinajstić information content (AvgIpc) is 3.07. The molecular formula is C19H20N4O3S. The zero-order valence-corrected chi connectivity index (χ0v) is 16.1. The molecule has 1 heterocycles. The number of hydrogen-bond donors (Lipinski definition) is 1. The molecule has 0 radical (unpaired) electrons. The van der Waals surface area contributed by atoms with E-state index in [1.807, 2.05) is 60.1 Å². The highest BCUT2D eigenvalue weighted by atomic mass is 32.2. The van der Waals surface area contributed by atoms with E-state index in [0.29, 0.717) is 22.5 Å². The lowest BCUT2D eigenvalue weighted by atomic mass is 10.2. The van der Waals surface area contributed by atoms with E-state index in [-0.39, 0.29) is 11.7 Å². The Kier molecular flexibility index (Phi) is 5.97. The molecule has 7 nitrogen and oxygen atoms in total. The summed E-state index contributed by atoms with van der Waals surface area (Å²) in [5.74, 6) is 2.10. The molecule has 1 amide bonds. The molecule has 0 atom stereocenters. The van der Waals surface area contributed by atoms with Crippen LogP contribution in [0, 0.1) is 0 Å². The molecular weight excluding hydrogens is 364 g/mol. The van der Waals surface area contributed by atoms with E-state index in [1.165, 1.54) is 11.8 Å². The first-order chi connectivity index (χ1) is 13.1. The number of nitrogens with zero attached hydrogens (tertiary/aromatic N) is 3. The summed E-state index contributed by atoms with van der Waals surface area (Å²) in [6.45, 7) is 0. The highest BCUT2D eigenvalue weighted by Crippen LogP contribution is 2.32. The van der Waals surface area contributed by atoms with Crippen LogP contribution in [0.3, 0.4) is 0 Å². The van der Waals surface area contributed by atoms with Crippen molar-refractivity contribution in [3.8, 4) is 22.9 Å². The summed E-state index contributed by atoms with van der Waals surface area (Å²) in [4.78, 5) is 12.1. The molecule has 140 valence electrons. The number of amides is 1. The number of carbonyl (C=O) groups excluding carboxylic acids is 1. The number of hydrogen-bond acceptors (Lipinski definition) is 6. The van der Waals surface area contributed by atoms with Crippen molar-refractivity contribution in [2.24, 2.45) is 7.05 Å². The quantitative estimate of drug-likeness (QED) is 0.630. The minimum atomic E-state index is -0.0955. The van der Waals surface area contributed by atoms with Crippen LogP contribution >= 0.6 is 11.8 Å². The SMILES string of the molecule is COc1ccc(-c2nnc(SCC(=O)Nc3ccccc3)n2C)cc1OC. The van der Waals surface area contributed by atoms with E-state index in [4.69, 9.17) is 9.47 Å². The fourth-order valence-corrected chi connectivity index (χ4v) is 3.23. The highest BCUT2D eigenvalue weighted by Gasteiger charge is 2.15. The van der Waals surface area contributed by atoms with Crippen LogP contribution in [0.25, 0.3) is 11.4 Å². The Morgan fingerprint density at radius 1 is 1.07 bits per heavy atom. The van der Waals surface area contributed by atoms with Crippen molar-refractivity contribution in [1.29, 1.82) is 0 Å². The Bertz CT molecular complexity index is 928. The number of aromatic nitrogens is 3. The van der Waals surface area contributed by atoms with Crippen LogP contribution in [0.2, 0.25) is 0 Å². The summed E-state index contributed by atoms with van der Waals surface area (Å²) in [6.07, 6.45) is 0. The molecule has 0 bridgehead atoms. The van der Waals surface area contributed by atoms with Gasteiger partial charge in [0.25, 0.3) is 0 Å². The smallest absolute Gasteiger partial charge is 0.234 e. The number of carbonyl (C=O) groups is 1. The van der Waals surface area contributed by atoms with E-state index >= 15 is 0 Å². The van der Waals surface area contributed by atoms with E-state index in [2.05, 4.69) is 15.5 Å². The summed E-state index contributed by atoms with van der Waals surface area (Å²) < 4.78 is 12.4. The zero-order chi connectivity index (χ0) is 19.2. The normalized spacial score (nSPS) is 10.5. The molecule has 0 aliphatic rings. The van der Waals surface area contributed by atoms with Crippen molar-refractivity contribution < 1.29 is 14.3 Å². The molecule has 0 saturated heterocycles. The molecule has 2 aromatic carbocycles. The lowest BCUT2D eigenvalue weighted by Crippen LogP contribution is -2.14. The van der Waals surface area contributed by atoms with E-state index in [1.54, 1.807) is 14.2 Å². The van der Waals surface area contributed by atoms with Crippen LogP contribution < -0.4 is 14.8 Å². The molecule has 0 spiro atoms. The summed E-state index contributed by atoms with van der Waals surface area (Å²) in [6, 6.07) is 14.9. The van der Waals surface area contributed by atoms with Gasteiger partial charge >= 0.3 is 0 Å². The number of benzene rings is 2. The maximum absolute atomic E-state index is 12.1. The Hall–Kier alpha value is -3.00. The van der Waals surface area contributed by atoms with Gasteiger partial charge in [-0.3, -0.25) is 4.79 Å². The van der Waals surface area contributed by atoms with Crippen LogP contribution in [0.4, 0.5) is 5.69 Å². The first-order valence-electron chi connectivity index (χ1n) is 8.22. The van der Waals surface area contributed by atoms with Crippen molar-refractivity contribution in [2.45, 2.75) is 5.16 Å². The van der Waals surface area contributed by atoms with Crippen molar-refractivity contribution >= 4 is 23.4 Å². The predicted octanol–water partition coefficient (Wildman–Crippen LogP) is 3.23. The molecule has 0 saturated carbocycles. The molecule has 3 aromatic rings. The average molecular weight is 384 g/mol. The van der Waals surface area contributed by atoms with Gasteiger partial charge in [-0.05, 0) is 30.3 Å². The van der Waals surface area contributed by atoms with Crippen LogP contribution in [0.1, 0.15) is 0 Å². The molecule has 0 fully saturated rings. The number of ether oxygens (including phenoxy) is 2. The summed E-state index contributed by atoms with van der Waals surface area (Å²) in [7, 11) is 5.05. The Morgan fingerprint density at radius 3 is 2.52 bits per heavy atom. The number of anilines is 1. The number of rotatable bonds is 7. The fraction of sp³-hybridized carbons (Fsp3) is 0.211. The Morgan fingerprint density at radius 2 is 1.81 bits per heavy atom. The van der Waals surface area contributed by atoms with Crippen molar-refractivity contribution in [1.82, 2.24) is 14.8 Å². The molecule has 8 heteroatoms. The molecule has 3 rings (SSSR count). The monoisotopic (exact) mass is 384 g/mol. The number of nitrogens with one attached hydrogen (secondary N) is 1. The molecule has 1 aromatic heterocycles. The number of thioether (sulfide) groups is 1. The standard InChI is InChI=1S/C19H20N4O3S/c1-23-18(13-9-10-15(25-2)16(11-13)26-3)21-22-19(23)27-12-17(24)20-14-7-5-4-6-8-14/h4-11H,12H2,1-3H3,(H,20,24). The molecule has 0 unspecified atom stereocenters. The van der Waals surface area contributed by atoms with E-state index < -0.39 is 0 Å². The zero-order valence-electron chi connectivity index (χ0n) is 15.3. The Labute approximate surface area is 161 Å². The van der Waals surface area contributed by atoms with Gasteiger partial charge in [0, 0.05) is 18.3 Å². The van der Waals surface area contributed by atoms with Crippen LogP contribution in [-0.4, -0.2) is 40.6 Å². The van der Waals surface area contributed by atoms with E-state index in [9.17, 15) is 4.79 Å². The maximum atomic E-state index is 12.1. The fourth-order valence-electron chi connectivity index (χ4n) is 2.52. The van der Waals surface area contributed by atoms with Crippen LogP contribution in [0.15, 0.2) is 53.7 Å². The maximum Gasteiger partial charge on any atom is 0.234 e. The molecule has 1 N–H and O–H groups in total. The summed E-state index contributed by atoms with van der Waals surface area (Å²) in [5.41, 5.74) is 1.62. The van der Waals surface area contributed by atoms with Gasteiger partial charge in [0.2, 0.25) is 5.91 Å². The van der Waals surface area contributed by atoms with Gasteiger partial charge in [-0.2, -0.15) is 0 Å². The topological polar surface area (TPSA) is 78.3 Å². The van der Waals surface area contributed by atoms with Gasteiger partial charge in [-0.1, -0.05) is 30.0 Å². The van der Waals surface area contributed by atoms with E-state index in [0.717, 1.165) is 11.3 Å². The van der Waals surface area contributed by atoms with Gasteiger partial charge in [0.05, 0.1) is 20.0 Å². The minimum Gasteiger partial charge on any atom is -0.493 e. The van der Waals surface area contributed by atoms with Crippen LogP contribution in [0.5, 0.6) is 11.5 Å². The molecule has 0 aliphatic heterocycles. The number of para-hydroxylation sites is 1. The second kappa shape index (κ2) is 8.59. The predicted molar refractivity (Wildman–Crippen MR) is 105 cm³/mol. The molecule has 0 aliphatic carbocycles. The third kappa shape index (κ3) is 4.40. The first kappa shape index (κ1) is 18.8. The Balaban J connectivity index is 1.69. The second-order valence-electron chi connectivity index (χ2n) is 5.64. The van der Waals surface area contributed by atoms with Crippen LogP contribution in [-0.2, 0) is 11.8 Å². The minimum absolute atomic E-state index is 0.0955. The van der Waals surface area contributed by atoms with Crippen molar-refractivity contribution in [3.05, 3.63) is 48.5 Å². The lowest BCUT2D eigenvalue weighted by Gasteiger charge is -2.09. The summed E-state index contributed by atoms with van der Waals surface area (Å²) in [5, 5.41) is 11.9. The first-order valence-corrected chi connectivity index (χ1v) is 9.20. The second-order valence-corrected chi connectivity index (χ2v) is 6.58. The van der Waals surface area contributed by atoms with Gasteiger partial charge in [0.1, 0.15) is 0 Å². The largest absolute Gasteiger partial charge is 0.493 e. The van der Waals surface area contributed by atoms with Gasteiger partial charge in [0.15, 0.2) is 22.5 Å². The van der Waals surface area contributed by atoms with Gasteiger partial charge in [-0.15, -0.1) is 10.2 Å². The van der Waals surface area contributed by atoms with Crippen molar-refractivity contribution in [3.63, 3.8) is 0 Å². The van der Waals surface area contributed by atoms with Gasteiger partial charge in [-0.25, -0.2) is 0 Å². The number of methoxy groups -OCH3 is 2. The third-order valence-corrected chi connectivity index (χ3v) is 4.89. The lowest BCUT2D eigenvalue weighted by molar-refractivity contribution is -0.113. The highest BCUT2D eigenvalue weighted by molar-refractivity contribution is 7.99. The third-order valence-electron chi connectivity index (χ3n) is 3.87. The molecule has 27 heavy (non-hydrogen) atoms.